The number of nitrogens with zero attached hydrogens (tertiary/aromatic N) is 3. The van der Waals surface area contributed by atoms with Gasteiger partial charge in [0.05, 0.1) is 18.2 Å². The Balaban J connectivity index is 1.81. The number of aromatic nitrogens is 2. The summed E-state index contributed by atoms with van der Waals surface area (Å²) < 4.78 is 0.694. The molecule has 1 aromatic heterocycles. The third-order valence-corrected chi connectivity index (χ3v) is 4.58. The summed E-state index contributed by atoms with van der Waals surface area (Å²) in [5.74, 6) is 0.122. The molecule has 1 amide bonds. The number of hydrogen-bond donors (Lipinski definition) is 2. The molecule has 22 heavy (non-hydrogen) atoms. The molecule has 114 valence electrons. The molecule has 0 fully saturated rings. The van der Waals surface area contributed by atoms with Gasteiger partial charge in [-0.05, 0) is 18.2 Å². The highest BCUT2D eigenvalue weighted by Crippen LogP contribution is 2.28. The summed E-state index contributed by atoms with van der Waals surface area (Å²) in [5, 5.41) is 23.4. The normalized spacial score (nSPS) is 10.0. The summed E-state index contributed by atoms with van der Waals surface area (Å²) in [5.41, 5.74) is 0.828. The molecule has 1 aromatic carbocycles. The van der Waals surface area contributed by atoms with Crippen molar-refractivity contribution in [2.75, 3.05) is 17.6 Å². The zero-order chi connectivity index (χ0) is 15.8. The van der Waals surface area contributed by atoms with Crippen LogP contribution >= 0.6 is 34.7 Å². The summed E-state index contributed by atoms with van der Waals surface area (Å²) in [6.45, 7) is 0.369. The van der Waals surface area contributed by atoms with Gasteiger partial charge in [-0.15, -0.1) is 10.2 Å². The first kappa shape index (κ1) is 16.5. The minimum absolute atomic E-state index is 0.125. The van der Waals surface area contributed by atoms with E-state index in [2.05, 4.69) is 20.8 Å². The molecule has 0 spiro atoms. The number of anilines is 2. The van der Waals surface area contributed by atoms with Crippen molar-refractivity contribution in [1.82, 2.24) is 15.5 Å². The van der Waals surface area contributed by atoms with Crippen molar-refractivity contribution in [2.24, 2.45) is 0 Å². The molecule has 6 nitrogen and oxygen atoms in total. The molecule has 0 unspecified atom stereocenters. The molecule has 2 rings (SSSR count). The number of nitrogens with one attached hydrogen (secondary N) is 2. The van der Waals surface area contributed by atoms with E-state index in [-0.39, 0.29) is 11.7 Å². The minimum Gasteiger partial charge on any atom is -0.354 e. The number of carbonyl (C=O) groups is 1. The fraction of sp³-hybridized carbons (Fsp3) is 0.231. The van der Waals surface area contributed by atoms with Crippen LogP contribution < -0.4 is 10.6 Å². The number of nitriles is 1. The molecule has 0 aliphatic carbocycles. The molecule has 0 atom stereocenters. The maximum absolute atomic E-state index is 11.5. The van der Waals surface area contributed by atoms with Gasteiger partial charge in [0.15, 0.2) is 4.34 Å². The second-order valence-corrected chi connectivity index (χ2v) is 6.69. The molecule has 0 radical (unpaired) electrons. The maximum Gasteiger partial charge on any atom is 0.230 e. The summed E-state index contributed by atoms with van der Waals surface area (Å²) in [6.07, 6.45) is 0.308. The van der Waals surface area contributed by atoms with Crippen molar-refractivity contribution in [1.29, 1.82) is 5.26 Å². The second kappa shape index (κ2) is 8.58. The Kier molecular flexibility index (Phi) is 6.45. The third-order valence-electron chi connectivity index (χ3n) is 2.37. The molecule has 2 aromatic rings. The highest BCUT2D eigenvalue weighted by molar-refractivity contribution is 8.01. The van der Waals surface area contributed by atoms with E-state index in [9.17, 15) is 4.79 Å². The van der Waals surface area contributed by atoms with E-state index in [4.69, 9.17) is 16.9 Å². The predicted octanol–water partition coefficient (Wildman–Crippen LogP) is 3.06. The lowest BCUT2D eigenvalue weighted by Gasteiger charge is -2.01. The Morgan fingerprint density at radius 1 is 1.45 bits per heavy atom. The van der Waals surface area contributed by atoms with Gasteiger partial charge in [-0.1, -0.05) is 40.8 Å². The van der Waals surface area contributed by atoms with E-state index in [0.717, 1.165) is 5.69 Å². The van der Waals surface area contributed by atoms with Crippen molar-refractivity contribution in [3.05, 3.63) is 29.3 Å². The first-order valence-corrected chi connectivity index (χ1v) is 8.48. The standard InChI is InChI=1S/C13H12ClN5OS2/c14-9-3-1-4-10(7-9)17-12-18-19-13(22-12)21-8-11(20)16-6-2-5-15/h1,3-4,7H,2,6,8H2,(H,16,20)(H,17,18). The summed E-state index contributed by atoms with van der Waals surface area (Å²) in [6, 6.07) is 9.27. The highest BCUT2D eigenvalue weighted by Gasteiger charge is 2.08. The molecule has 0 aliphatic heterocycles. The molecule has 1 heterocycles. The fourth-order valence-electron chi connectivity index (χ4n) is 1.44. The SMILES string of the molecule is N#CCCNC(=O)CSc1nnc(Nc2cccc(Cl)c2)s1. The van der Waals surface area contributed by atoms with Crippen LogP contribution in [0.4, 0.5) is 10.8 Å². The number of halogens is 1. The van der Waals surface area contributed by atoms with Crippen molar-refractivity contribution in [2.45, 2.75) is 10.8 Å². The van der Waals surface area contributed by atoms with E-state index in [1.54, 1.807) is 12.1 Å². The van der Waals surface area contributed by atoms with Crippen LogP contribution in [0.3, 0.4) is 0 Å². The lowest BCUT2D eigenvalue weighted by Crippen LogP contribution is -2.25. The second-order valence-electron chi connectivity index (χ2n) is 4.06. The largest absolute Gasteiger partial charge is 0.354 e. The lowest BCUT2D eigenvalue weighted by atomic mass is 10.3. The number of carbonyl (C=O) groups excluding carboxylic acids is 1. The average molecular weight is 354 g/mol. The lowest BCUT2D eigenvalue weighted by molar-refractivity contribution is -0.118. The Hall–Kier alpha value is -1.82. The quantitative estimate of drug-likeness (QED) is 0.587. The van der Waals surface area contributed by atoms with Gasteiger partial charge in [0.1, 0.15) is 0 Å². The molecule has 0 saturated heterocycles. The first-order valence-electron chi connectivity index (χ1n) is 6.30. The molecule has 0 aliphatic rings. The van der Waals surface area contributed by atoms with Crippen LogP contribution in [-0.4, -0.2) is 28.4 Å². The van der Waals surface area contributed by atoms with Crippen LogP contribution in [-0.2, 0) is 4.79 Å². The van der Waals surface area contributed by atoms with Crippen molar-refractivity contribution >= 4 is 51.4 Å². The number of thioether (sulfide) groups is 1. The third kappa shape index (κ3) is 5.52. The Morgan fingerprint density at radius 3 is 3.09 bits per heavy atom. The van der Waals surface area contributed by atoms with E-state index >= 15 is 0 Å². The first-order chi connectivity index (χ1) is 10.7. The van der Waals surface area contributed by atoms with Gasteiger partial charge in [0.25, 0.3) is 0 Å². The molecule has 9 heteroatoms. The number of amides is 1. The predicted molar refractivity (Wildman–Crippen MR) is 88.6 cm³/mol. The Labute approximate surface area is 140 Å². The summed E-state index contributed by atoms with van der Waals surface area (Å²) >= 11 is 8.57. The van der Waals surface area contributed by atoms with E-state index in [0.29, 0.717) is 27.5 Å². The van der Waals surface area contributed by atoms with Crippen LogP contribution in [0.2, 0.25) is 5.02 Å². The van der Waals surface area contributed by atoms with Crippen molar-refractivity contribution in [3.8, 4) is 6.07 Å². The van der Waals surface area contributed by atoms with Gasteiger partial charge in [-0.3, -0.25) is 4.79 Å². The number of benzene rings is 1. The molecular weight excluding hydrogens is 342 g/mol. The van der Waals surface area contributed by atoms with Gasteiger partial charge >= 0.3 is 0 Å². The number of hydrogen-bond acceptors (Lipinski definition) is 7. The molecule has 0 saturated carbocycles. The number of rotatable bonds is 7. The summed E-state index contributed by atoms with van der Waals surface area (Å²) in [4.78, 5) is 11.5. The van der Waals surface area contributed by atoms with Crippen LogP contribution in [0.25, 0.3) is 0 Å². The van der Waals surface area contributed by atoms with Crippen LogP contribution in [0, 0.1) is 11.3 Å². The minimum atomic E-state index is -0.125. The maximum atomic E-state index is 11.5. The van der Waals surface area contributed by atoms with Crippen LogP contribution in [0.5, 0.6) is 0 Å². The van der Waals surface area contributed by atoms with Crippen molar-refractivity contribution in [3.63, 3.8) is 0 Å². The van der Waals surface area contributed by atoms with Gasteiger partial charge in [0, 0.05) is 17.3 Å². The van der Waals surface area contributed by atoms with E-state index < -0.39 is 0 Å². The van der Waals surface area contributed by atoms with Gasteiger partial charge in [0.2, 0.25) is 11.0 Å². The van der Waals surface area contributed by atoms with Crippen LogP contribution in [0.15, 0.2) is 28.6 Å². The van der Waals surface area contributed by atoms with E-state index in [1.165, 1.54) is 23.1 Å². The fourth-order valence-corrected chi connectivity index (χ4v) is 3.24. The molecule has 2 N–H and O–H groups in total. The van der Waals surface area contributed by atoms with Gasteiger partial charge in [-0.2, -0.15) is 5.26 Å². The van der Waals surface area contributed by atoms with Gasteiger partial charge in [-0.25, -0.2) is 0 Å². The van der Waals surface area contributed by atoms with E-state index in [1.807, 2.05) is 18.2 Å². The Morgan fingerprint density at radius 2 is 2.32 bits per heavy atom. The van der Waals surface area contributed by atoms with Crippen molar-refractivity contribution < 1.29 is 4.79 Å². The van der Waals surface area contributed by atoms with Crippen LogP contribution in [0.1, 0.15) is 6.42 Å². The van der Waals surface area contributed by atoms with Gasteiger partial charge < -0.3 is 10.6 Å². The zero-order valence-electron chi connectivity index (χ0n) is 11.4. The Bertz CT molecular complexity index is 685. The monoisotopic (exact) mass is 353 g/mol. The zero-order valence-corrected chi connectivity index (χ0v) is 13.8. The topological polar surface area (TPSA) is 90.7 Å². The smallest absolute Gasteiger partial charge is 0.230 e. The molecule has 0 bridgehead atoms. The molecular formula is C13H12ClN5OS2. The summed E-state index contributed by atoms with van der Waals surface area (Å²) in [7, 11) is 0. The average Bonchev–Trinajstić information content (AvgIpc) is 2.93. The highest BCUT2D eigenvalue weighted by atomic mass is 35.5.